The van der Waals surface area contributed by atoms with Gasteiger partial charge in [-0.25, -0.2) is 4.79 Å². The van der Waals surface area contributed by atoms with Gasteiger partial charge in [0.05, 0.1) is 36.9 Å². The van der Waals surface area contributed by atoms with Gasteiger partial charge in [0.1, 0.15) is 11.5 Å². The van der Waals surface area contributed by atoms with Crippen LogP contribution in [0.4, 0.5) is 11.4 Å². The lowest BCUT2D eigenvalue weighted by molar-refractivity contribution is -0.119. The number of amides is 2. The normalized spacial score (nSPS) is 12.4. The summed E-state index contributed by atoms with van der Waals surface area (Å²) in [6.07, 6.45) is 0. The van der Waals surface area contributed by atoms with E-state index in [4.69, 9.17) is 14.2 Å². The number of fused-ring (bicyclic) bond motifs is 1. The molecule has 3 rings (SSSR count). The molecule has 0 atom stereocenters. The van der Waals surface area contributed by atoms with Crippen LogP contribution < -0.4 is 20.1 Å². The summed E-state index contributed by atoms with van der Waals surface area (Å²) in [6.45, 7) is -0.475. The predicted molar refractivity (Wildman–Crippen MR) is 104 cm³/mol. The summed E-state index contributed by atoms with van der Waals surface area (Å²) in [5, 5.41) is 5.32. The first kappa shape index (κ1) is 19.6. The molecule has 1 aliphatic rings. The van der Waals surface area contributed by atoms with Crippen molar-refractivity contribution in [2.45, 2.75) is 4.90 Å². The third-order valence-electron chi connectivity index (χ3n) is 3.86. The standard InChI is InChI=1S/C19H18N2O6S/c1-25-12-4-5-15(26-2)13(8-12)20-17(22)9-27-19(24)11-3-6-16-14(7-11)21-18(23)10-28-16/h3-8H,9-10H2,1-2H3,(H,20,22)(H,21,23). The van der Waals surface area contributed by atoms with Crippen LogP contribution in [0.25, 0.3) is 0 Å². The Kier molecular flexibility index (Phi) is 6.05. The molecule has 2 aromatic carbocycles. The van der Waals surface area contributed by atoms with Crippen molar-refractivity contribution in [2.24, 2.45) is 0 Å². The Morgan fingerprint density at radius 3 is 2.71 bits per heavy atom. The van der Waals surface area contributed by atoms with Crippen LogP contribution in [0.3, 0.4) is 0 Å². The molecule has 0 bridgehead atoms. The van der Waals surface area contributed by atoms with Crippen molar-refractivity contribution in [1.29, 1.82) is 0 Å². The summed E-state index contributed by atoms with van der Waals surface area (Å²) in [5.41, 5.74) is 1.20. The maximum atomic E-state index is 12.2. The smallest absolute Gasteiger partial charge is 0.338 e. The fraction of sp³-hybridized carbons (Fsp3) is 0.211. The summed E-state index contributed by atoms with van der Waals surface area (Å²) in [6, 6.07) is 9.81. The monoisotopic (exact) mass is 402 g/mol. The maximum absolute atomic E-state index is 12.2. The second kappa shape index (κ2) is 8.66. The molecular formula is C19H18N2O6S. The number of esters is 1. The van der Waals surface area contributed by atoms with Gasteiger partial charge >= 0.3 is 5.97 Å². The van der Waals surface area contributed by atoms with E-state index < -0.39 is 18.5 Å². The Morgan fingerprint density at radius 1 is 1.14 bits per heavy atom. The highest BCUT2D eigenvalue weighted by atomic mass is 32.2. The van der Waals surface area contributed by atoms with Crippen molar-refractivity contribution < 1.29 is 28.6 Å². The molecule has 0 aromatic heterocycles. The highest BCUT2D eigenvalue weighted by Crippen LogP contribution is 2.32. The molecule has 0 unspecified atom stereocenters. The van der Waals surface area contributed by atoms with Gasteiger partial charge in [-0.2, -0.15) is 0 Å². The SMILES string of the molecule is COc1ccc(OC)c(NC(=O)COC(=O)c2ccc3c(c2)NC(=O)CS3)c1. The Bertz CT molecular complexity index is 931. The van der Waals surface area contributed by atoms with Gasteiger partial charge in [-0.1, -0.05) is 0 Å². The van der Waals surface area contributed by atoms with E-state index in [-0.39, 0.29) is 11.5 Å². The van der Waals surface area contributed by atoms with Crippen LogP contribution in [0, 0.1) is 0 Å². The lowest BCUT2D eigenvalue weighted by Crippen LogP contribution is -2.22. The van der Waals surface area contributed by atoms with Gasteiger partial charge < -0.3 is 24.8 Å². The molecule has 2 N–H and O–H groups in total. The molecule has 2 amide bonds. The van der Waals surface area contributed by atoms with Crippen LogP contribution in [-0.2, 0) is 14.3 Å². The van der Waals surface area contributed by atoms with Gasteiger partial charge in [0.2, 0.25) is 5.91 Å². The van der Waals surface area contributed by atoms with Crippen molar-refractivity contribution >= 4 is 40.9 Å². The fourth-order valence-corrected chi connectivity index (χ4v) is 3.31. The van der Waals surface area contributed by atoms with E-state index in [0.717, 1.165) is 4.90 Å². The number of thioether (sulfide) groups is 1. The Hall–Kier alpha value is -3.20. The molecule has 8 nitrogen and oxygen atoms in total. The summed E-state index contributed by atoms with van der Waals surface area (Å²) in [5.74, 6) is 0.00671. The fourth-order valence-electron chi connectivity index (χ4n) is 2.52. The van der Waals surface area contributed by atoms with E-state index in [1.165, 1.54) is 32.0 Å². The van der Waals surface area contributed by atoms with E-state index >= 15 is 0 Å². The van der Waals surface area contributed by atoms with E-state index in [9.17, 15) is 14.4 Å². The van der Waals surface area contributed by atoms with Crippen LogP contribution in [0.1, 0.15) is 10.4 Å². The van der Waals surface area contributed by atoms with Crippen molar-refractivity contribution in [3.05, 3.63) is 42.0 Å². The third kappa shape index (κ3) is 4.55. The zero-order chi connectivity index (χ0) is 20.1. The van der Waals surface area contributed by atoms with Gasteiger partial charge in [0.25, 0.3) is 5.91 Å². The van der Waals surface area contributed by atoms with Gasteiger partial charge in [-0.05, 0) is 30.3 Å². The van der Waals surface area contributed by atoms with Crippen LogP contribution in [0.5, 0.6) is 11.5 Å². The Morgan fingerprint density at radius 2 is 1.96 bits per heavy atom. The van der Waals surface area contributed by atoms with Crippen LogP contribution in [-0.4, -0.2) is 44.4 Å². The molecular weight excluding hydrogens is 384 g/mol. The second-order valence-corrected chi connectivity index (χ2v) is 6.76. The highest BCUT2D eigenvalue weighted by molar-refractivity contribution is 8.00. The number of hydrogen-bond donors (Lipinski definition) is 2. The molecule has 1 aliphatic heterocycles. The summed E-state index contributed by atoms with van der Waals surface area (Å²) in [4.78, 5) is 36.7. The third-order valence-corrected chi connectivity index (χ3v) is 4.94. The molecule has 0 spiro atoms. The number of nitrogens with one attached hydrogen (secondary N) is 2. The number of benzene rings is 2. The molecule has 0 saturated carbocycles. The largest absolute Gasteiger partial charge is 0.497 e. The first-order valence-electron chi connectivity index (χ1n) is 8.26. The molecule has 0 radical (unpaired) electrons. The molecule has 2 aromatic rings. The zero-order valence-electron chi connectivity index (χ0n) is 15.2. The van der Waals surface area contributed by atoms with Gasteiger partial charge in [-0.15, -0.1) is 11.8 Å². The first-order chi connectivity index (χ1) is 13.5. The van der Waals surface area contributed by atoms with Gasteiger partial charge in [0, 0.05) is 11.0 Å². The van der Waals surface area contributed by atoms with E-state index in [1.54, 1.807) is 30.3 Å². The minimum atomic E-state index is -0.666. The van der Waals surface area contributed by atoms with Crippen LogP contribution >= 0.6 is 11.8 Å². The molecule has 0 aliphatic carbocycles. The first-order valence-corrected chi connectivity index (χ1v) is 9.24. The average molecular weight is 402 g/mol. The predicted octanol–water partition coefficient (Wildman–Crippen LogP) is 2.54. The quantitative estimate of drug-likeness (QED) is 0.716. The summed E-state index contributed by atoms with van der Waals surface area (Å²) >= 11 is 1.39. The summed E-state index contributed by atoms with van der Waals surface area (Å²) < 4.78 is 15.4. The molecule has 0 fully saturated rings. The Balaban J connectivity index is 1.61. The van der Waals surface area contributed by atoms with Crippen molar-refractivity contribution in [3.8, 4) is 11.5 Å². The molecule has 146 valence electrons. The average Bonchev–Trinajstić information content (AvgIpc) is 2.71. The van der Waals surface area contributed by atoms with E-state index in [0.29, 0.717) is 28.6 Å². The number of methoxy groups -OCH3 is 2. The lowest BCUT2D eigenvalue weighted by Gasteiger charge is -2.16. The maximum Gasteiger partial charge on any atom is 0.338 e. The molecule has 0 saturated heterocycles. The van der Waals surface area contributed by atoms with Crippen LogP contribution in [0.15, 0.2) is 41.3 Å². The highest BCUT2D eigenvalue weighted by Gasteiger charge is 2.18. The topological polar surface area (TPSA) is 103 Å². The van der Waals surface area contributed by atoms with Crippen molar-refractivity contribution in [1.82, 2.24) is 0 Å². The minimum absolute atomic E-state index is 0.130. The molecule has 28 heavy (non-hydrogen) atoms. The van der Waals surface area contributed by atoms with Gasteiger partial charge in [0.15, 0.2) is 6.61 Å². The summed E-state index contributed by atoms with van der Waals surface area (Å²) in [7, 11) is 2.99. The minimum Gasteiger partial charge on any atom is -0.497 e. The van der Waals surface area contributed by atoms with Crippen molar-refractivity contribution in [2.75, 3.05) is 37.2 Å². The number of hydrogen-bond acceptors (Lipinski definition) is 7. The number of ether oxygens (including phenoxy) is 3. The lowest BCUT2D eigenvalue weighted by atomic mass is 10.2. The van der Waals surface area contributed by atoms with Gasteiger partial charge in [-0.3, -0.25) is 9.59 Å². The number of carbonyl (C=O) groups is 3. The molecule has 1 heterocycles. The second-order valence-electron chi connectivity index (χ2n) is 5.74. The number of rotatable bonds is 6. The van der Waals surface area contributed by atoms with Crippen LogP contribution in [0.2, 0.25) is 0 Å². The molecule has 9 heteroatoms. The number of anilines is 2. The van der Waals surface area contributed by atoms with Crippen molar-refractivity contribution in [3.63, 3.8) is 0 Å². The Labute approximate surface area is 165 Å². The number of carbonyl (C=O) groups excluding carboxylic acids is 3. The van der Waals surface area contributed by atoms with E-state index in [1.807, 2.05) is 0 Å². The zero-order valence-corrected chi connectivity index (χ0v) is 16.1. The van der Waals surface area contributed by atoms with E-state index in [2.05, 4.69) is 10.6 Å².